The SMILES string of the molecule is CC(C)(C)c1nc(N)nc(N2CCOC(C(F)F)C2)n1. The molecule has 2 heterocycles. The van der Waals surface area contributed by atoms with E-state index in [2.05, 4.69) is 15.0 Å². The second-order valence-electron chi connectivity index (χ2n) is 5.76. The van der Waals surface area contributed by atoms with Crippen molar-refractivity contribution in [3.05, 3.63) is 5.82 Å². The lowest BCUT2D eigenvalue weighted by Gasteiger charge is -2.33. The van der Waals surface area contributed by atoms with Crippen LogP contribution >= 0.6 is 0 Å². The minimum atomic E-state index is -2.53. The molecule has 0 spiro atoms. The van der Waals surface area contributed by atoms with E-state index in [0.717, 1.165) is 0 Å². The van der Waals surface area contributed by atoms with Crippen LogP contribution in [0.3, 0.4) is 0 Å². The van der Waals surface area contributed by atoms with Gasteiger partial charge in [-0.25, -0.2) is 8.78 Å². The first-order valence-corrected chi connectivity index (χ1v) is 6.44. The van der Waals surface area contributed by atoms with Crippen molar-refractivity contribution in [1.29, 1.82) is 0 Å². The minimum absolute atomic E-state index is 0.0463. The topological polar surface area (TPSA) is 77.2 Å². The predicted molar refractivity (Wildman–Crippen MR) is 70.9 cm³/mol. The number of alkyl halides is 2. The number of aromatic nitrogens is 3. The molecule has 2 N–H and O–H groups in total. The van der Waals surface area contributed by atoms with Crippen molar-refractivity contribution >= 4 is 11.9 Å². The lowest BCUT2D eigenvalue weighted by Crippen LogP contribution is -2.46. The maximum absolute atomic E-state index is 12.7. The fourth-order valence-corrected chi connectivity index (χ4v) is 1.87. The Balaban J connectivity index is 2.26. The maximum atomic E-state index is 12.7. The molecule has 0 bridgehead atoms. The molecule has 6 nitrogen and oxygen atoms in total. The first-order chi connectivity index (χ1) is 9.27. The Labute approximate surface area is 116 Å². The largest absolute Gasteiger partial charge is 0.369 e. The van der Waals surface area contributed by atoms with E-state index in [1.807, 2.05) is 20.8 Å². The van der Waals surface area contributed by atoms with Crippen molar-refractivity contribution in [2.75, 3.05) is 30.3 Å². The number of nitrogen functional groups attached to an aromatic ring is 1. The third kappa shape index (κ3) is 3.30. The van der Waals surface area contributed by atoms with E-state index in [-0.39, 0.29) is 24.5 Å². The zero-order valence-electron chi connectivity index (χ0n) is 11.8. The third-order valence-electron chi connectivity index (χ3n) is 2.97. The normalized spacial score (nSPS) is 20.5. The van der Waals surface area contributed by atoms with Crippen molar-refractivity contribution in [3.63, 3.8) is 0 Å². The molecule has 1 fully saturated rings. The first-order valence-electron chi connectivity index (χ1n) is 6.44. The number of ether oxygens (including phenoxy) is 1. The number of anilines is 2. The minimum Gasteiger partial charge on any atom is -0.369 e. The fourth-order valence-electron chi connectivity index (χ4n) is 1.87. The lowest BCUT2D eigenvalue weighted by molar-refractivity contribution is -0.0617. The summed E-state index contributed by atoms with van der Waals surface area (Å²) in [6, 6.07) is 0. The highest BCUT2D eigenvalue weighted by Crippen LogP contribution is 2.22. The van der Waals surface area contributed by atoms with Crippen LogP contribution in [0.15, 0.2) is 0 Å². The number of morpholine rings is 1. The average molecular weight is 287 g/mol. The van der Waals surface area contributed by atoms with Crippen LogP contribution < -0.4 is 10.6 Å². The van der Waals surface area contributed by atoms with Crippen molar-refractivity contribution in [3.8, 4) is 0 Å². The van der Waals surface area contributed by atoms with Gasteiger partial charge in [0.25, 0.3) is 6.43 Å². The lowest BCUT2D eigenvalue weighted by atomic mass is 9.96. The van der Waals surface area contributed by atoms with E-state index in [9.17, 15) is 8.78 Å². The molecule has 1 aliphatic heterocycles. The van der Waals surface area contributed by atoms with Crippen LogP contribution in [-0.4, -0.2) is 47.2 Å². The summed E-state index contributed by atoms with van der Waals surface area (Å²) >= 11 is 0. The second-order valence-corrected chi connectivity index (χ2v) is 5.76. The van der Waals surface area contributed by atoms with Gasteiger partial charge in [0.1, 0.15) is 11.9 Å². The molecule has 20 heavy (non-hydrogen) atoms. The fraction of sp³-hybridized carbons (Fsp3) is 0.750. The Morgan fingerprint density at radius 1 is 1.30 bits per heavy atom. The van der Waals surface area contributed by atoms with E-state index in [4.69, 9.17) is 10.5 Å². The zero-order valence-corrected chi connectivity index (χ0v) is 11.8. The summed E-state index contributed by atoms with van der Waals surface area (Å²) in [6.45, 7) is 6.57. The quantitative estimate of drug-likeness (QED) is 0.881. The molecule has 1 aromatic rings. The van der Waals surface area contributed by atoms with E-state index >= 15 is 0 Å². The molecule has 0 saturated carbocycles. The summed E-state index contributed by atoms with van der Waals surface area (Å²) in [7, 11) is 0. The average Bonchev–Trinajstić information content (AvgIpc) is 2.37. The van der Waals surface area contributed by atoms with Gasteiger partial charge in [0.05, 0.1) is 13.2 Å². The van der Waals surface area contributed by atoms with Crippen LogP contribution in [0.1, 0.15) is 26.6 Å². The van der Waals surface area contributed by atoms with Crippen LogP contribution in [0, 0.1) is 0 Å². The van der Waals surface area contributed by atoms with Crippen molar-refractivity contribution in [1.82, 2.24) is 15.0 Å². The van der Waals surface area contributed by atoms with E-state index in [0.29, 0.717) is 18.3 Å². The molecular formula is C12H19F2N5O. The van der Waals surface area contributed by atoms with E-state index in [1.165, 1.54) is 0 Å². The second kappa shape index (κ2) is 5.43. The zero-order chi connectivity index (χ0) is 14.9. The summed E-state index contributed by atoms with van der Waals surface area (Å²) in [6.07, 6.45) is -3.65. The molecule has 0 aromatic carbocycles. The number of rotatable bonds is 2. The van der Waals surface area contributed by atoms with Gasteiger partial charge in [-0.15, -0.1) is 0 Å². The number of nitrogens with two attached hydrogens (primary N) is 1. The Morgan fingerprint density at radius 3 is 2.60 bits per heavy atom. The summed E-state index contributed by atoms with van der Waals surface area (Å²) in [5.74, 6) is 0.969. The highest BCUT2D eigenvalue weighted by Gasteiger charge is 2.30. The van der Waals surface area contributed by atoms with Gasteiger partial charge in [-0.2, -0.15) is 15.0 Å². The highest BCUT2D eigenvalue weighted by molar-refractivity contribution is 5.36. The molecule has 8 heteroatoms. The number of hydrogen-bond donors (Lipinski definition) is 1. The van der Waals surface area contributed by atoms with Crippen LogP contribution in [0.5, 0.6) is 0 Å². The molecule has 112 valence electrons. The number of halogens is 2. The molecule has 1 aromatic heterocycles. The van der Waals surface area contributed by atoms with Crippen molar-refractivity contribution in [2.45, 2.75) is 38.7 Å². The molecule has 0 amide bonds. The first kappa shape index (κ1) is 14.8. The third-order valence-corrected chi connectivity index (χ3v) is 2.97. The van der Waals surface area contributed by atoms with Gasteiger partial charge in [0.15, 0.2) is 0 Å². The van der Waals surface area contributed by atoms with Gasteiger partial charge < -0.3 is 15.4 Å². The predicted octanol–water partition coefficient (Wildman–Crippen LogP) is 1.22. The summed E-state index contributed by atoms with van der Waals surface area (Å²) in [4.78, 5) is 14.2. The van der Waals surface area contributed by atoms with Crippen molar-refractivity contribution in [2.24, 2.45) is 0 Å². The van der Waals surface area contributed by atoms with Crippen molar-refractivity contribution < 1.29 is 13.5 Å². The number of nitrogens with zero attached hydrogens (tertiary/aromatic N) is 4. The van der Waals surface area contributed by atoms with Gasteiger partial charge >= 0.3 is 0 Å². The number of hydrogen-bond acceptors (Lipinski definition) is 6. The van der Waals surface area contributed by atoms with Gasteiger partial charge in [0.2, 0.25) is 11.9 Å². The van der Waals surface area contributed by atoms with Gasteiger partial charge in [-0.3, -0.25) is 0 Å². The Morgan fingerprint density at radius 2 is 2.00 bits per heavy atom. The van der Waals surface area contributed by atoms with Gasteiger partial charge in [-0.05, 0) is 0 Å². The molecule has 1 atom stereocenters. The molecule has 2 rings (SSSR count). The summed E-state index contributed by atoms with van der Waals surface area (Å²) < 4.78 is 30.5. The van der Waals surface area contributed by atoms with Crippen LogP contribution in [0.2, 0.25) is 0 Å². The van der Waals surface area contributed by atoms with E-state index < -0.39 is 12.5 Å². The van der Waals surface area contributed by atoms with Crippen LogP contribution in [0.4, 0.5) is 20.7 Å². The highest BCUT2D eigenvalue weighted by atomic mass is 19.3. The molecular weight excluding hydrogens is 268 g/mol. The molecule has 1 aliphatic rings. The van der Waals surface area contributed by atoms with Gasteiger partial charge in [-0.1, -0.05) is 20.8 Å². The van der Waals surface area contributed by atoms with Crippen LogP contribution in [-0.2, 0) is 10.2 Å². The summed E-state index contributed by atoms with van der Waals surface area (Å²) in [5.41, 5.74) is 5.40. The van der Waals surface area contributed by atoms with Gasteiger partial charge in [0, 0.05) is 12.0 Å². The Kier molecular flexibility index (Phi) is 4.03. The Hall–Kier alpha value is -1.57. The summed E-state index contributed by atoms with van der Waals surface area (Å²) in [5, 5.41) is 0. The molecule has 0 radical (unpaired) electrons. The maximum Gasteiger partial charge on any atom is 0.266 e. The monoisotopic (exact) mass is 287 g/mol. The Bertz CT molecular complexity index is 477. The molecule has 1 unspecified atom stereocenters. The van der Waals surface area contributed by atoms with Crippen LogP contribution in [0.25, 0.3) is 0 Å². The molecule has 0 aliphatic carbocycles. The van der Waals surface area contributed by atoms with E-state index in [1.54, 1.807) is 4.90 Å². The smallest absolute Gasteiger partial charge is 0.266 e. The standard InChI is InChI=1S/C12H19F2N5O/c1-12(2,3)9-16-10(15)18-11(17-9)19-4-5-20-7(6-19)8(13)14/h7-8H,4-6H2,1-3H3,(H2,15,16,17,18). The molecule has 1 saturated heterocycles.